The van der Waals surface area contributed by atoms with Gasteiger partial charge in [-0.25, -0.2) is 0 Å². The van der Waals surface area contributed by atoms with Crippen molar-refractivity contribution in [1.82, 2.24) is 0 Å². The fourth-order valence-electron chi connectivity index (χ4n) is 1.19. The number of hydrogen-bond donors (Lipinski definition) is 1. The molecule has 0 unspecified atom stereocenters. The Hall–Kier alpha value is -0.710. The summed E-state index contributed by atoms with van der Waals surface area (Å²) in [6.07, 6.45) is 0.961. The van der Waals surface area contributed by atoms with Crippen LogP contribution < -0.4 is 5.73 Å². The second-order valence-electron chi connectivity index (χ2n) is 3.38. The second kappa shape index (κ2) is 8.44. The SMILES string of the molecule is COCCCOCCSc1ccc(N)cc1. The lowest BCUT2D eigenvalue weighted by atomic mass is 10.3. The van der Waals surface area contributed by atoms with Gasteiger partial charge in [0.05, 0.1) is 6.61 Å². The first kappa shape index (κ1) is 13.4. The summed E-state index contributed by atoms with van der Waals surface area (Å²) in [6, 6.07) is 7.90. The molecule has 0 saturated heterocycles. The predicted molar refractivity (Wildman–Crippen MR) is 68.9 cm³/mol. The van der Waals surface area contributed by atoms with Crippen LogP contribution in [0, 0.1) is 0 Å². The van der Waals surface area contributed by atoms with Crippen molar-refractivity contribution in [3.05, 3.63) is 24.3 Å². The molecular weight excluding hydrogens is 222 g/mol. The number of rotatable bonds is 8. The first-order chi connectivity index (χ1) is 7.83. The van der Waals surface area contributed by atoms with Gasteiger partial charge in [0, 0.05) is 36.7 Å². The van der Waals surface area contributed by atoms with Crippen LogP contribution in [-0.2, 0) is 9.47 Å². The molecule has 0 atom stereocenters. The standard InChI is InChI=1S/C12H19NO2S/c1-14-7-2-8-15-9-10-16-12-5-3-11(13)4-6-12/h3-6H,2,7-10,13H2,1H3. The zero-order valence-electron chi connectivity index (χ0n) is 9.65. The van der Waals surface area contributed by atoms with E-state index >= 15 is 0 Å². The van der Waals surface area contributed by atoms with Gasteiger partial charge in [-0.1, -0.05) is 0 Å². The van der Waals surface area contributed by atoms with Crippen molar-refractivity contribution in [1.29, 1.82) is 0 Å². The van der Waals surface area contributed by atoms with Crippen molar-refractivity contribution >= 4 is 17.4 Å². The zero-order chi connectivity index (χ0) is 11.6. The summed E-state index contributed by atoms with van der Waals surface area (Å²) in [5.74, 6) is 0.969. The van der Waals surface area contributed by atoms with E-state index in [1.165, 1.54) is 4.90 Å². The molecule has 0 aliphatic heterocycles. The maximum Gasteiger partial charge on any atom is 0.0560 e. The Labute approximate surface area is 101 Å². The van der Waals surface area contributed by atoms with Gasteiger partial charge >= 0.3 is 0 Å². The van der Waals surface area contributed by atoms with Crippen molar-refractivity contribution < 1.29 is 9.47 Å². The third kappa shape index (κ3) is 6.00. The van der Waals surface area contributed by atoms with Gasteiger partial charge in [0.2, 0.25) is 0 Å². The quantitative estimate of drug-likeness (QED) is 0.431. The number of hydrogen-bond acceptors (Lipinski definition) is 4. The maximum absolute atomic E-state index is 5.60. The second-order valence-corrected chi connectivity index (χ2v) is 4.54. The minimum atomic E-state index is 0.769. The van der Waals surface area contributed by atoms with E-state index in [1.54, 1.807) is 18.9 Å². The highest BCUT2D eigenvalue weighted by atomic mass is 32.2. The predicted octanol–water partition coefficient (Wildman–Crippen LogP) is 2.41. The Balaban J connectivity index is 2.01. The van der Waals surface area contributed by atoms with Crippen LogP contribution >= 0.6 is 11.8 Å². The van der Waals surface area contributed by atoms with Crippen LogP contribution in [0.15, 0.2) is 29.2 Å². The Morgan fingerprint density at radius 1 is 1.12 bits per heavy atom. The van der Waals surface area contributed by atoms with Gasteiger partial charge in [0.15, 0.2) is 0 Å². The summed E-state index contributed by atoms with van der Waals surface area (Å²) >= 11 is 1.78. The van der Waals surface area contributed by atoms with Crippen molar-refractivity contribution in [2.24, 2.45) is 0 Å². The average Bonchev–Trinajstić information content (AvgIpc) is 2.30. The van der Waals surface area contributed by atoms with E-state index in [0.717, 1.165) is 37.7 Å². The summed E-state index contributed by atoms with van der Waals surface area (Å²) < 4.78 is 10.4. The van der Waals surface area contributed by atoms with Crippen LogP contribution in [0.25, 0.3) is 0 Å². The molecule has 0 bridgehead atoms. The highest BCUT2D eigenvalue weighted by molar-refractivity contribution is 7.99. The monoisotopic (exact) mass is 241 g/mol. The van der Waals surface area contributed by atoms with Gasteiger partial charge in [0.1, 0.15) is 0 Å². The van der Waals surface area contributed by atoms with Crippen molar-refractivity contribution in [3.63, 3.8) is 0 Å². The molecule has 3 nitrogen and oxygen atoms in total. The maximum atomic E-state index is 5.60. The largest absolute Gasteiger partial charge is 0.399 e. The molecule has 4 heteroatoms. The molecule has 1 rings (SSSR count). The van der Waals surface area contributed by atoms with Crippen LogP contribution in [0.2, 0.25) is 0 Å². The number of methoxy groups -OCH3 is 1. The molecule has 1 aromatic rings. The van der Waals surface area contributed by atoms with Gasteiger partial charge < -0.3 is 15.2 Å². The van der Waals surface area contributed by atoms with E-state index in [0.29, 0.717) is 0 Å². The number of nitrogen functional groups attached to an aromatic ring is 1. The molecule has 0 aromatic heterocycles. The molecule has 0 aliphatic carbocycles. The topological polar surface area (TPSA) is 44.5 Å². The Morgan fingerprint density at radius 2 is 1.88 bits per heavy atom. The van der Waals surface area contributed by atoms with Gasteiger partial charge in [-0.05, 0) is 30.7 Å². The first-order valence-corrected chi connectivity index (χ1v) is 6.36. The average molecular weight is 241 g/mol. The minimum Gasteiger partial charge on any atom is -0.399 e. The van der Waals surface area contributed by atoms with E-state index < -0.39 is 0 Å². The molecule has 0 heterocycles. The summed E-state index contributed by atoms with van der Waals surface area (Å²) in [7, 11) is 1.71. The molecule has 90 valence electrons. The smallest absolute Gasteiger partial charge is 0.0560 e. The van der Waals surface area contributed by atoms with Crippen molar-refractivity contribution in [3.8, 4) is 0 Å². The first-order valence-electron chi connectivity index (χ1n) is 5.38. The number of benzene rings is 1. The van der Waals surface area contributed by atoms with Gasteiger partial charge in [0.25, 0.3) is 0 Å². The van der Waals surface area contributed by atoms with E-state index in [4.69, 9.17) is 15.2 Å². The molecule has 0 fully saturated rings. The fraction of sp³-hybridized carbons (Fsp3) is 0.500. The molecule has 1 aromatic carbocycles. The number of ether oxygens (including phenoxy) is 2. The lowest BCUT2D eigenvalue weighted by Gasteiger charge is -2.04. The van der Waals surface area contributed by atoms with Crippen molar-refractivity contribution in [2.75, 3.05) is 38.4 Å². The van der Waals surface area contributed by atoms with E-state index in [-0.39, 0.29) is 0 Å². The summed E-state index contributed by atoms with van der Waals surface area (Å²) in [5.41, 5.74) is 6.41. The Bertz CT molecular complexity index is 277. The van der Waals surface area contributed by atoms with Crippen LogP contribution in [0.4, 0.5) is 5.69 Å². The van der Waals surface area contributed by atoms with Crippen LogP contribution in [-0.4, -0.2) is 32.7 Å². The third-order valence-corrected chi connectivity index (χ3v) is 2.99. The normalized spacial score (nSPS) is 10.6. The molecule has 0 radical (unpaired) electrons. The lowest BCUT2D eigenvalue weighted by Crippen LogP contribution is -2.02. The summed E-state index contributed by atoms with van der Waals surface area (Å²) in [6.45, 7) is 2.32. The molecular formula is C12H19NO2S. The molecule has 0 amide bonds. The van der Waals surface area contributed by atoms with Crippen molar-refractivity contribution in [2.45, 2.75) is 11.3 Å². The zero-order valence-corrected chi connectivity index (χ0v) is 10.5. The molecule has 0 aliphatic rings. The van der Waals surface area contributed by atoms with E-state index in [2.05, 4.69) is 0 Å². The fourth-order valence-corrected chi connectivity index (χ4v) is 1.96. The Morgan fingerprint density at radius 3 is 2.56 bits per heavy atom. The van der Waals surface area contributed by atoms with Gasteiger partial charge in [-0.3, -0.25) is 0 Å². The Kier molecular flexibility index (Phi) is 7.05. The van der Waals surface area contributed by atoms with Gasteiger partial charge in [-0.15, -0.1) is 11.8 Å². The van der Waals surface area contributed by atoms with Crippen LogP contribution in [0.3, 0.4) is 0 Å². The highest BCUT2D eigenvalue weighted by Gasteiger charge is 1.94. The summed E-state index contributed by atoms with van der Waals surface area (Å²) in [5, 5.41) is 0. The van der Waals surface area contributed by atoms with Crippen LogP contribution in [0.1, 0.15) is 6.42 Å². The molecule has 0 spiro atoms. The molecule has 0 saturated carbocycles. The number of thioether (sulfide) groups is 1. The highest BCUT2D eigenvalue weighted by Crippen LogP contribution is 2.18. The number of anilines is 1. The van der Waals surface area contributed by atoms with Crippen LogP contribution in [0.5, 0.6) is 0 Å². The molecule has 2 N–H and O–H groups in total. The van der Waals surface area contributed by atoms with E-state index in [1.807, 2.05) is 24.3 Å². The van der Waals surface area contributed by atoms with E-state index in [9.17, 15) is 0 Å². The minimum absolute atomic E-state index is 0.769. The number of nitrogens with two attached hydrogens (primary N) is 1. The van der Waals surface area contributed by atoms with Gasteiger partial charge in [-0.2, -0.15) is 0 Å². The molecule has 16 heavy (non-hydrogen) atoms. The lowest BCUT2D eigenvalue weighted by molar-refractivity contribution is 0.113. The third-order valence-electron chi connectivity index (χ3n) is 2.01. The summed E-state index contributed by atoms with van der Waals surface area (Å²) in [4.78, 5) is 1.23.